The van der Waals surface area contributed by atoms with E-state index < -0.39 is 17.6 Å². The number of anilines is 3. The number of hydrogen-bond donors (Lipinski definition) is 2. The molecule has 0 aliphatic rings. The van der Waals surface area contributed by atoms with Crippen molar-refractivity contribution in [1.82, 2.24) is 19.7 Å². The molecule has 2 N–H and O–H groups in total. The van der Waals surface area contributed by atoms with E-state index in [2.05, 4.69) is 25.7 Å². The Morgan fingerprint density at radius 1 is 0.970 bits per heavy atom. The normalized spacial score (nSPS) is 11.3. The van der Waals surface area contributed by atoms with Crippen molar-refractivity contribution in [3.63, 3.8) is 0 Å². The summed E-state index contributed by atoms with van der Waals surface area (Å²) in [6.45, 7) is 0. The molecular formula is C23H19F3N6O. The lowest BCUT2D eigenvalue weighted by molar-refractivity contribution is -0.137. The standard InChI is InChI=1S/C23H19F3N6O/c1-32-14-20(13-29-32)31-22-27-11-17(12-28-22)16-7-5-15(6-8-16)9-21(33)30-19-4-2-3-18(10-19)23(24,25)26/h2-8,10-14H,9H2,1H3,(H,30,33)(H,27,28,31). The van der Waals surface area contributed by atoms with Gasteiger partial charge >= 0.3 is 6.18 Å². The van der Waals surface area contributed by atoms with Crippen molar-refractivity contribution >= 4 is 23.2 Å². The molecule has 4 aromatic rings. The van der Waals surface area contributed by atoms with Crippen molar-refractivity contribution in [3.05, 3.63) is 84.4 Å². The second-order valence-corrected chi connectivity index (χ2v) is 7.32. The number of aryl methyl sites for hydroxylation is 1. The number of benzene rings is 2. The molecule has 0 bridgehead atoms. The van der Waals surface area contributed by atoms with Crippen LogP contribution in [0.4, 0.5) is 30.5 Å². The number of nitrogens with one attached hydrogen (secondary N) is 2. The van der Waals surface area contributed by atoms with Gasteiger partial charge in [0.25, 0.3) is 0 Å². The first-order chi connectivity index (χ1) is 15.8. The zero-order valence-electron chi connectivity index (χ0n) is 17.5. The van der Waals surface area contributed by atoms with Crippen LogP contribution >= 0.6 is 0 Å². The van der Waals surface area contributed by atoms with E-state index in [-0.39, 0.29) is 12.1 Å². The van der Waals surface area contributed by atoms with Crippen LogP contribution in [0.3, 0.4) is 0 Å². The minimum atomic E-state index is -4.46. The lowest BCUT2D eigenvalue weighted by atomic mass is 10.0. The average molecular weight is 452 g/mol. The van der Waals surface area contributed by atoms with Gasteiger partial charge in [0, 0.05) is 36.9 Å². The summed E-state index contributed by atoms with van der Waals surface area (Å²) < 4.78 is 40.1. The van der Waals surface area contributed by atoms with Crippen molar-refractivity contribution in [2.75, 3.05) is 10.6 Å². The van der Waals surface area contributed by atoms with E-state index in [0.717, 1.165) is 34.5 Å². The predicted molar refractivity (Wildman–Crippen MR) is 118 cm³/mol. The Kier molecular flexibility index (Phi) is 6.07. The highest BCUT2D eigenvalue weighted by molar-refractivity contribution is 5.92. The van der Waals surface area contributed by atoms with Crippen molar-refractivity contribution in [1.29, 1.82) is 0 Å². The van der Waals surface area contributed by atoms with Crippen LogP contribution < -0.4 is 10.6 Å². The number of rotatable bonds is 6. The highest BCUT2D eigenvalue weighted by Crippen LogP contribution is 2.30. The molecule has 4 rings (SSSR count). The van der Waals surface area contributed by atoms with E-state index in [1.165, 1.54) is 12.1 Å². The van der Waals surface area contributed by atoms with Crippen LogP contribution in [0, 0.1) is 0 Å². The van der Waals surface area contributed by atoms with Gasteiger partial charge in [-0.1, -0.05) is 30.3 Å². The number of amides is 1. The molecule has 2 heterocycles. The third-order valence-electron chi connectivity index (χ3n) is 4.74. The Morgan fingerprint density at radius 2 is 1.70 bits per heavy atom. The quantitative estimate of drug-likeness (QED) is 0.438. The molecule has 0 spiro atoms. The second kappa shape index (κ2) is 9.11. The molecule has 0 aliphatic carbocycles. The van der Waals surface area contributed by atoms with Crippen LogP contribution in [0.2, 0.25) is 0 Å². The van der Waals surface area contributed by atoms with E-state index in [1.807, 2.05) is 19.2 Å². The van der Waals surface area contributed by atoms with Crippen molar-refractivity contribution in [2.24, 2.45) is 7.05 Å². The van der Waals surface area contributed by atoms with Gasteiger partial charge in [0.2, 0.25) is 11.9 Å². The van der Waals surface area contributed by atoms with Crippen molar-refractivity contribution in [3.8, 4) is 11.1 Å². The van der Waals surface area contributed by atoms with Gasteiger partial charge in [0.05, 0.1) is 23.9 Å². The molecule has 7 nitrogen and oxygen atoms in total. The maximum absolute atomic E-state index is 12.8. The third-order valence-corrected chi connectivity index (χ3v) is 4.74. The number of halogens is 3. The first-order valence-corrected chi connectivity index (χ1v) is 9.90. The number of aromatic nitrogens is 4. The zero-order valence-corrected chi connectivity index (χ0v) is 17.5. The lowest BCUT2D eigenvalue weighted by Gasteiger charge is -2.10. The minimum Gasteiger partial charge on any atom is -0.326 e. The summed E-state index contributed by atoms with van der Waals surface area (Å²) in [6.07, 6.45) is 2.40. The molecule has 1 amide bonds. The van der Waals surface area contributed by atoms with Crippen LogP contribution in [-0.2, 0) is 24.4 Å². The van der Waals surface area contributed by atoms with Gasteiger partial charge < -0.3 is 10.6 Å². The molecule has 10 heteroatoms. The summed E-state index contributed by atoms with van der Waals surface area (Å²) in [7, 11) is 1.81. The molecule has 0 unspecified atom stereocenters. The summed E-state index contributed by atoms with van der Waals surface area (Å²) >= 11 is 0. The van der Waals surface area contributed by atoms with E-state index in [1.54, 1.807) is 41.6 Å². The summed E-state index contributed by atoms with van der Waals surface area (Å²) in [5, 5.41) is 9.63. The van der Waals surface area contributed by atoms with E-state index in [4.69, 9.17) is 0 Å². The lowest BCUT2D eigenvalue weighted by Crippen LogP contribution is -2.15. The van der Waals surface area contributed by atoms with Gasteiger partial charge in [-0.05, 0) is 29.3 Å². The summed E-state index contributed by atoms with van der Waals surface area (Å²) in [4.78, 5) is 20.9. The van der Waals surface area contributed by atoms with E-state index in [9.17, 15) is 18.0 Å². The highest BCUT2D eigenvalue weighted by Gasteiger charge is 2.30. The molecule has 0 aliphatic heterocycles. The van der Waals surface area contributed by atoms with Crippen molar-refractivity contribution < 1.29 is 18.0 Å². The fourth-order valence-corrected chi connectivity index (χ4v) is 3.14. The third kappa shape index (κ3) is 5.73. The summed E-state index contributed by atoms with van der Waals surface area (Å²) in [5.41, 5.74) is 2.45. The largest absolute Gasteiger partial charge is 0.416 e. The van der Waals surface area contributed by atoms with Gasteiger partial charge in [0.1, 0.15) is 0 Å². The van der Waals surface area contributed by atoms with Crippen LogP contribution in [0.5, 0.6) is 0 Å². The van der Waals surface area contributed by atoms with Crippen LogP contribution in [0.15, 0.2) is 73.3 Å². The number of carbonyl (C=O) groups excluding carboxylic acids is 1. The van der Waals surface area contributed by atoms with E-state index >= 15 is 0 Å². The van der Waals surface area contributed by atoms with Gasteiger partial charge in [-0.15, -0.1) is 0 Å². The predicted octanol–water partition coefficient (Wildman–Crippen LogP) is 4.82. The first-order valence-electron chi connectivity index (χ1n) is 9.90. The topological polar surface area (TPSA) is 84.7 Å². The second-order valence-electron chi connectivity index (χ2n) is 7.32. The Hall–Kier alpha value is -4.21. The van der Waals surface area contributed by atoms with E-state index in [0.29, 0.717) is 5.95 Å². The summed E-state index contributed by atoms with van der Waals surface area (Å²) in [5.74, 6) is 0.0332. The molecule has 0 radical (unpaired) electrons. The average Bonchev–Trinajstić information content (AvgIpc) is 3.19. The SMILES string of the molecule is Cn1cc(Nc2ncc(-c3ccc(CC(=O)Nc4cccc(C(F)(F)F)c4)cc3)cn2)cn1. The molecule has 2 aromatic heterocycles. The number of nitrogens with zero attached hydrogens (tertiary/aromatic N) is 4. The van der Waals surface area contributed by atoms with Gasteiger partial charge in [-0.2, -0.15) is 18.3 Å². The smallest absolute Gasteiger partial charge is 0.326 e. The van der Waals surface area contributed by atoms with Crippen LogP contribution in [-0.4, -0.2) is 25.7 Å². The fraction of sp³-hybridized carbons (Fsp3) is 0.130. The molecule has 0 saturated carbocycles. The molecule has 33 heavy (non-hydrogen) atoms. The first kappa shape index (κ1) is 22.0. The maximum atomic E-state index is 12.8. The molecule has 0 fully saturated rings. The molecular weight excluding hydrogens is 433 g/mol. The number of carbonyl (C=O) groups is 1. The Balaban J connectivity index is 1.36. The molecule has 0 atom stereocenters. The van der Waals surface area contributed by atoms with Crippen LogP contribution in [0.25, 0.3) is 11.1 Å². The Bertz CT molecular complexity index is 1250. The van der Waals surface area contributed by atoms with Gasteiger partial charge in [0.15, 0.2) is 0 Å². The molecule has 2 aromatic carbocycles. The summed E-state index contributed by atoms with van der Waals surface area (Å²) in [6, 6.07) is 11.8. The maximum Gasteiger partial charge on any atom is 0.416 e. The number of alkyl halides is 3. The monoisotopic (exact) mass is 452 g/mol. The molecule has 168 valence electrons. The highest BCUT2D eigenvalue weighted by atomic mass is 19.4. The van der Waals surface area contributed by atoms with Gasteiger partial charge in [-0.25, -0.2) is 9.97 Å². The van der Waals surface area contributed by atoms with Crippen LogP contribution in [0.1, 0.15) is 11.1 Å². The Labute approximate surface area is 187 Å². The minimum absolute atomic E-state index is 0.0288. The Morgan fingerprint density at radius 3 is 2.33 bits per heavy atom. The van der Waals surface area contributed by atoms with Gasteiger partial charge in [-0.3, -0.25) is 9.48 Å². The van der Waals surface area contributed by atoms with Crippen molar-refractivity contribution in [2.45, 2.75) is 12.6 Å². The fourth-order valence-electron chi connectivity index (χ4n) is 3.14. The number of hydrogen-bond acceptors (Lipinski definition) is 5. The zero-order chi connectivity index (χ0) is 23.4. The molecule has 0 saturated heterocycles.